The summed E-state index contributed by atoms with van der Waals surface area (Å²) >= 11 is 0. The lowest BCUT2D eigenvalue weighted by molar-refractivity contribution is -0.137. The number of hydrogen-bond donors (Lipinski definition) is 3. The Kier molecular flexibility index (Phi) is 6.07. The number of carbonyl (C=O) groups excluding carboxylic acids is 1. The number of carbonyl (C=O) groups is 1. The van der Waals surface area contributed by atoms with E-state index < -0.39 is 29.3 Å². The minimum Gasteiger partial charge on any atom is -0.661 e. The van der Waals surface area contributed by atoms with Crippen LogP contribution in [0.4, 0.5) is 39.5 Å². The predicted octanol–water partition coefficient (Wildman–Crippen LogP) is 5.28. The van der Waals surface area contributed by atoms with Crippen molar-refractivity contribution in [2.24, 2.45) is 0 Å². The standard InChI is InChI=1S/C22H18F4N7O/c1-28-9-13-10-33-19(20(27)29-11-30-33)18(13)12-2-5-15(6-3-12)31-21(34)32-17-8-14(22(24,25)26)4-7-16(17)23/h2-8,10-11H,9H2,1H3,(H2,27,29,30)(H2,31,32,34)/q-1. The van der Waals surface area contributed by atoms with Gasteiger partial charge in [0.25, 0.3) is 0 Å². The molecule has 4 N–H and O–H groups in total. The van der Waals surface area contributed by atoms with Gasteiger partial charge in [-0.25, -0.2) is 18.7 Å². The molecule has 0 fully saturated rings. The molecule has 0 aliphatic heterocycles. The summed E-state index contributed by atoms with van der Waals surface area (Å²) in [4.78, 5) is 16.3. The van der Waals surface area contributed by atoms with Gasteiger partial charge in [0.05, 0.1) is 11.3 Å². The van der Waals surface area contributed by atoms with E-state index in [9.17, 15) is 22.4 Å². The molecule has 2 heterocycles. The molecular formula is C22H18F4N7O-. The number of halogens is 4. The number of rotatable bonds is 5. The van der Waals surface area contributed by atoms with E-state index in [-0.39, 0.29) is 5.82 Å². The van der Waals surface area contributed by atoms with Crippen LogP contribution in [0.1, 0.15) is 11.1 Å². The second-order valence-electron chi connectivity index (χ2n) is 7.29. The van der Waals surface area contributed by atoms with Crippen LogP contribution in [0.2, 0.25) is 0 Å². The SMILES string of the molecule is C[N-]Cc1cn2ncnc(N)c2c1-c1ccc(NC(=O)Nc2cc(C(F)(F)F)ccc2F)cc1. The second-order valence-corrected chi connectivity index (χ2v) is 7.29. The summed E-state index contributed by atoms with van der Waals surface area (Å²) in [6.07, 6.45) is -1.52. The summed E-state index contributed by atoms with van der Waals surface area (Å²) in [5, 5.41) is 12.9. The van der Waals surface area contributed by atoms with Gasteiger partial charge in [0.15, 0.2) is 5.82 Å². The van der Waals surface area contributed by atoms with Crippen LogP contribution in [-0.2, 0) is 12.7 Å². The molecule has 4 rings (SSSR count). The van der Waals surface area contributed by atoms with Crippen LogP contribution in [-0.4, -0.2) is 27.7 Å². The van der Waals surface area contributed by atoms with Gasteiger partial charge in [-0.05, 0) is 41.5 Å². The number of benzene rings is 2. The fourth-order valence-electron chi connectivity index (χ4n) is 3.50. The Morgan fingerprint density at radius 2 is 1.88 bits per heavy atom. The van der Waals surface area contributed by atoms with Gasteiger partial charge in [-0.3, -0.25) is 0 Å². The van der Waals surface area contributed by atoms with Crippen molar-refractivity contribution in [1.29, 1.82) is 0 Å². The summed E-state index contributed by atoms with van der Waals surface area (Å²) in [7, 11) is 1.68. The van der Waals surface area contributed by atoms with E-state index >= 15 is 0 Å². The van der Waals surface area contributed by atoms with Crippen molar-refractivity contribution in [3.8, 4) is 11.1 Å². The normalized spacial score (nSPS) is 11.6. The molecule has 2 amide bonds. The molecule has 4 aromatic rings. The Bertz CT molecular complexity index is 1350. The highest BCUT2D eigenvalue weighted by atomic mass is 19.4. The summed E-state index contributed by atoms with van der Waals surface area (Å²) in [5.74, 6) is -0.704. The third kappa shape index (κ3) is 4.62. The van der Waals surface area contributed by atoms with Crippen molar-refractivity contribution in [3.05, 3.63) is 77.2 Å². The number of alkyl halides is 3. The van der Waals surface area contributed by atoms with Crippen LogP contribution in [0, 0.1) is 5.82 Å². The lowest BCUT2D eigenvalue weighted by atomic mass is 10.0. The van der Waals surface area contributed by atoms with Crippen LogP contribution in [0.15, 0.2) is 55.0 Å². The number of nitrogens with zero attached hydrogens (tertiary/aromatic N) is 4. The fourth-order valence-corrected chi connectivity index (χ4v) is 3.50. The number of anilines is 3. The molecule has 0 aliphatic carbocycles. The molecule has 34 heavy (non-hydrogen) atoms. The zero-order chi connectivity index (χ0) is 24.5. The molecule has 12 heteroatoms. The molecule has 0 atom stereocenters. The smallest absolute Gasteiger partial charge is 0.416 e. The van der Waals surface area contributed by atoms with E-state index in [1.165, 1.54) is 6.33 Å². The number of nitrogens with one attached hydrogen (secondary N) is 2. The zero-order valence-corrected chi connectivity index (χ0v) is 17.7. The van der Waals surface area contributed by atoms with Gasteiger partial charge >= 0.3 is 12.2 Å². The van der Waals surface area contributed by atoms with E-state index in [2.05, 4.69) is 26.0 Å². The molecule has 176 valence electrons. The number of nitrogen functional groups attached to an aromatic ring is 1. The van der Waals surface area contributed by atoms with Crippen molar-refractivity contribution >= 4 is 28.7 Å². The van der Waals surface area contributed by atoms with Crippen molar-refractivity contribution in [2.75, 3.05) is 23.4 Å². The zero-order valence-electron chi connectivity index (χ0n) is 17.7. The van der Waals surface area contributed by atoms with Gasteiger partial charge in [-0.1, -0.05) is 12.1 Å². The monoisotopic (exact) mass is 472 g/mol. The molecule has 0 saturated carbocycles. The Balaban J connectivity index is 1.56. The first-order valence-electron chi connectivity index (χ1n) is 9.89. The summed E-state index contributed by atoms with van der Waals surface area (Å²) in [6, 6.07) is 7.50. The Morgan fingerprint density at radius 1 is 1.15 bits per heavy atom. The number of nitrogens with two attached hydrogens (primary N) is 1. The van der Waals surface area contributed by atoms with Crippen LogP contribution in [0.5, 0.6) is 0 Å². The van der Waals surface area contributed by atoms with Gasteiger partial charge in [0.2, 0.25) is 0 Å². The van der Waals surface area contributed by atoms with Gasteiger partial charge < -0.3 is 21.7 Å². The van der Waals surface area contributed by atoms with Gasteiger partial charge in [0.1, 0.15) is 17.7 Å². The molecule has 0 bridgehead atoms. The quantitative estimate of drug-likeness (QED) is 0.343. The lowest BCUT2D eigenvalue weighted by Gasteiger charge is -2.13. The average molecular weight is 472 g/mol. The highest BCUT2D eigenvalue weighted by Gasteiger charge is 2.31. The Labute approximate surface area is 190 Å². The second kappa shape index (κ2) is 8.98. The van der Waals surface area contributed by atoms with Crippen LogP contribution in [0.3, 0.4) is 0 Å². The maximum atomic E-state index is 13.9. The molecule has 0 spiro atoms. The summed E-state index contributed by atoms with van der Waals surface area (Å²) in [6.45, 7) is 0.420. The highest BCUT2D eigenvalue weighted by Crippen LogP contribution is 2.34. The predicted molar refractivity (Wildman–Crippen MR) is 120 cm³/mol. The third-order valence-electron chi connectivity index (χ3n) is 4.98. The van der Waals surface area contributed by atoms with E-state index in [4.69, 9.17) is 5.73 Å². The first-order chi connectivity index (χ1) is 16.2. The van der Waals surface area contributed by atoms with E-state index in [0.717, 1.165) is 16.7 Å². The van der Waals surface area contributed by atoms with Crippen molar-refractivity contribution < 1.29 is 22.4 Å². The largest absolute Gasteiger partial charge is 0.661 e. The fraction of sp³-hybridized carbons (Fsp3) is 0.136. The number of urea groups is 1. The van der Waals surface area contributed by atoms with Gasteiger partial charge in [-0.15, -0.1) is 6.54 Å². The molecule has 2 aromatic heterocycles. The Hall–Kier alpha value is -4.19. The molecule has 0 saturated heterocycles. The Morgan fingerprint density at radius 3 is 2.56 bits per heavy atom. The van der Waals surface area contributed by atoms with Gasteiger partial charge in [-0.2, -0.15) is 25.3 Å². The van der Waals surface area contributed by atoms with Crippen LogP contribution < -0.4 is 16.4 Å². The minimum absolute atomic E-state index is 0.289. The number of amides is 2. The van der Waals surface area contributed by atoms with Gasteiger partial charge in [0, 0.05) is 17.4 Å². The van der Waals surface area contributed by atoms with Crippen molar-refractivity contribution in [2.45, 2.75) is 12.7 Å². The molecule has 0 radical (unpaired) electrons. The molecular weight excluding hydrogens is 454 g/mol. The first kappa shape index (κ1) is 23.0. The first-order valence-corrected chi connectivity index (χ1v) is 9.89. The maximum absolute atomic E-state index is 13.9. The van der Waals surface area contributed by atoms with Crippen LogP contribution in [0.25, 0.3) is 22.0 Å². The third-order valence-corrected chi connectivity index (χ3v) is 4.98. The van der Waals surface area contributed by atoms with E-state index in [0.29, 0.717) is 35.9 Å². The van der Waals surface area contributed by atoms with E-state index in [1.54, 1.807) is 42.0 Å². The molecule has 2 aromatic carbocycles. The maximum Gasteiger partial charge on any atom is 0.416 e. The minimum atomic E-state index is -4.67. The number of aromatic nitrogens is 3. The van der Waals surface area contributed by atoms with Crippen molar-refractivity contribution in [3.63, 3.8) is 0 Å². The molecule has 0 aliphatic rings. The topological polar surface area (TPSA) is 111 Å². The number of fused-ring (bicyclic) bond motifs is 1. The average Bonchev–Trinajstić information content (AvgIpc) is 3.15. The molecule has 8 nitrogen and oxygen atoms in total. The highest BCUT2D eigenvalue weighted by molar-refractivity contribution is 6.00. The van der Waals surface area contributed by atoms with E-state index in [1.807, 2.05) is 0 Å². The molecule has 0 unspecified atom stereocenters. The summed E-state index contributed by atoms with van der Waals surface area (Å²) < 4.78 is 54.1. The van der Waals surface area contributed by atoms with Crippen LogP contribution >= 0.6 is 0 Å². The number of hydrogen-bond acceptors (Lipinski definition) is 4. The lowest BCUT2D eigenvalue weighted by Crippen LogP contribution is -2.20. The van der Waals surface area contributed by atoms with Crippen molar-refractivity contribution in [1.82, 2.24) is 14.6 Å². The summed E-state index contributed by atoms with van der Waals surface area (Å²) in [5.41, 5.74) is 7.75.